The van der Waals surface area contributed by atoms with Crippen LogP contribution in [0.5, 0.6) is 0 Å². The van der Waals surface area contributed by atoms with Crippen LogP contribution in [0, 0.1) is 5.92 Å². The second kappa shape index (κ2) is 7.87. The van der Waals surface area contributed by atoms with Crippen LogP contribution >= 0.6 is 0 Å². The molecule has 0 unspecified atom stereocenters. The first-order valence-corrected chi connectivity index (χ1v) is 9.53. The van der Waals surface area contributed by atoms with Gasteiger partial charge in [-0.15, -0.1) is 0 Å². The average Bonchev–Trinajstić information content (AvgIpc) is 3.16. The summed E-state index contributed by atoms with van der Waals surface area (Å²) in [5.74, 6) is -1.33. The number of para-hydroxylation sites is 3. The molecule has 4 rings (SSSR count). The summed E-state index contributed by atoms with van der Waals surface area (Å²) in [6.07, 6.45) is 2.47. The van der Waals surface area contributed by atoms with Gasteiger partial charge in [-0.05, 0) is 43.5 Å². The molecule has 0 aromatic heterocycles. The Morgan fingerprint density at radius 3 is 2.76 bits per heavy atom. The summed E-state index contributed by atoms with van der Waals surface area (Å²) in [4.78, 5) is 44.1. The van der Waals surface area contributed by atoms with Gasteiger partial charge in [0.15, 0.2) is 0 Å². The standard InChI is InChI=1S/C22H21N3O4/c1-29-22(28)15-7-2-3-9-17(15)24-20(26)13-25-19-12-5-4-10-18(19)23-16-11-6-8-14(16)21(25)27/h2-5,7,9-10,12,14H,6,8,11,13H2,1H3,(H,24,26)/t14-/m1/s1. The molecule has 1 heterocycles. The molecule has 1 atom stereocenters. The molecule has 1 saturated carbocycles. The Kier molecular flexibility index (Phi) is 5.12. The number of nitrogens with one attached hydrogen (secondary N) is 1. The van der Waals surface area contributed by atoms with Crippen LogP contribution in [0.3, 0.4) is 0 Å². The minimum atomic E-state index is -0.541. The van der Waals surface area contributed by atoms with Crippen LogP contribution in [0.1, 0.15) is 29.6 Å². The molecule has 2 aromatic rings. The Hall–Kier alpha value is -3.48. The van der Waals surface area contributed by atoms with Gasteiger partial charge in [-0.25, -0.2) is 4.79 Å². The molecule has 148 valence electrons. The molecule has 1 N–H and O–H groups in total. The zero-order valence-electron chi connectivity index (χ0n) is 16.1. The van der Waals surface area contributed by atoms with Crippen LogP contribution in [0.2, 0.25) is 0 Å². The van der Waals surface area contributed by atoms with E-state index in [9.17, 15) is 14.4 Å². The Morgan fingerprint density at radius 1 is 1.17 bits per heavy atom. The third kappa shape index (κ3) is 3.63. The van der Waals surface area contributed by atoms with Crippen LogP contribution in [0.4, 0.5) is 17.1 Å². The maximum Gasteiger partial charge on any atom is 0.339 e. The number of nitrogens with zero attached hydrogens (tertiary/aromatic N) is 2. The number of fused-ring (bicyclic) bond motifs is 2. The average molecular weight is 391 g/mol. The van der Waals surface area contributed by atoms with E-state index in [1.165, 1.54) is 12.0 Å². The number of carbonyl (C=O) groups is 3. The second-order valence-corrected chi connectivity index (χ2v) is 7.05. The van der Waals surface area contributed by atoms with E-state index in [1.807, 2.05) is 18.2 Å². The molecule has 2 amide bonds. The predicted molar refractivity (Wildman–Crippen MR) is 110 cm³/mol. The highest BCUT2D eigenvalue weighted by molar-refractivity contribution is 6.17. The fourth-order valence-corrected chi connectivity index (χ4v) is 3.85. The Labute approximate surface area is 168 Å². The molecule has 29 heavy (non-hydrogen) atoms. The number of rotatable bonds is 4. The number of amides is 2. The van der Waals surface area contributed by atoms with Gasteiger partial charge in [0.05, 0.1) is 35.7 Å². The number of carbonyl (C=O) groups excluding carboxylic acids is 3. The Bertz CT molecular complexity index is 1010. The molecule has 1 aliphatic carbocycles. The second-order valence-electron chi connectivity index (χ2n) is 7.05. The smallest absolute Gasteiger partial charge is 0.339 e. The SMILES string of the molecule is COC(=O)c1ccccc1NC(=O)CN1C(=O)[C@@H]2CCCC2=Nc2ccccc21. The van der Waals surface area contributed by atoms with E-state index in [1.54, 1.807) is 30.3 Å². The Balaban J connectivity index is 1.60. The number of hydrogen-bond acceptors (Lipinski definition) is 5. The summed E-state index contributed by atoms with van der Waals surface area (Å²) >= 11 is 0. The van der Waals surface area contributed by atoms with E-state index in [0.717, 1.165) is 25.0 Å². The lowest BCUT2D eigenvalue weighted by Crippen LogP contribution is -2.42. The van der Waals surface area contributed by atoms with Gasteiger partial charge in [-0.1, -0.05) is 24.3 Å². The minimum Gasteiger partial charge on any atom is -0.465 e. The fraction of sp³-hybridized carbons (Fsp3) is 0.273. The van der Waals surface area contributed by atoms with E-state index in [2.05, 4.69) is 5.32 Å². The molecule has 0 radical (unpaired) electrons. The maximum atomic E-state index is 13.2. The highest BCUT2D eigenvalue weighted by atomic mass is 16.5. The van der Waals surface area contributed by atoms with Crippen LogP contribution in [-0.4, -0.2) is 37.1 Å². The summed E-state index contributed by atoms with van der Waals surface area (Å²) in [6.45, 7) is -0.162. The van der Waals surface area contributed by atoms with E-state index in [4.69, 9.17) is 9.73 Å². The highest BCUT2D eigenvalue weighted by Crippen LogP contribution is 2.37. The number of methoxy groups -OCH3 is 1. The Morgan fingerprint density at radius 2 is 1.93 bits per heavy atom. The monoisotopic (exact) mass is 391 g/mol. The molecule has 0 spiro atoms. The van der Waals surface area contributed by atoms with Crippen molar-refractivity contribution in [1.29, 1.82) is 0 Å². The zero-order valence-corrected chi connectivity index (χ0v) is 16.1. The van der Waals surface area contributed by atoms with E-state index < -0.39 is 11.9 Å². The normalized spacial score (nSPS) is 17.7. The van der Waals surface area contributed by atoms with Gasteiger partial charge in [-0.2, -0.15) is 0 Å². The van der Waals surface area contributed by atoms with E-state index in [0.29, 0.717) is 17.1 Å². The molecule has 7 heteroatoms. The van der Waals surface area contributed by atoms with Gasteiger partial charge < -0.3 is 15.0 Å². The lowest BCUT2D eigenvalue weighted by atomic mass is 10.1. The molecule has 2 aromatic carbocycles. The highest BCUT2D eigenvalue weighted by Gasteiger charge is 2.37. The summed E-state index contributed by atoms with van der Waals surface area (Å²) in [7, 11) is 1.28. The predicted octanol–water partition coefficient (Wildman–Crippen LogP) is 3.33. The topological polar surface area (TPSA) is 88.1 Å². The first-order chi connectivity index (χ1) is 14.1. The first-order valence-electron chi connectivity index (χ1n) is 9.53. The third-order valence-corrected chi connectivity index (χ3v) is 5.24. The minimum absolute atomic E-state index is 0.109. The van der Waals surface area contributed by atoms with Gasteiger partial charge >= 0.3 is 5.97 Å². The van der Waals surface area contributed by atoms with Gasteiger partial charge in [0.1, 0.15) is 6.54 Å². The van der Waals surface area contributed by atoms with E-state index in [-0.39, 0.29) is 23.9 Å². The third-order valence-electron chi connectivity index (χ3n) is 5.24. The largest absolute Gasteiger partial charge is 0.465 e. The summed E-state index contributed by atoms with van der Waals surface area (Å²) < 4.78 is 4.77. The number of anilines is 2. The summed E-state index contributed by atoms with van der Waals surface area (Å²) in [6, 6.07) is 14.0. The molecule has 0 bridgehead atoms. The number of benzene rings is 2. The zero-order chi connectivity index (χ0) is 20.4. The maximum absolute atomic E-state index is 13.2. The van der Waals surface area contributed by atoms with E-state index >= 15 is 0 Å². The molecule has 2 aliphatic rings. The molecular formula is C22H21N3O4. The number of hydrogen-bond donors (Lipinski definition) is 1. The van der Waals surface area contributed by atoms with Crippen molar-refractivity contribution in [1.82, 2.24) is 0 Å². The lowest BCUT2D eigenvalue weighted by molar-refractivity contribution is -0.123. The van der Waals surface area contributed by atoms with Gasteiger partial charge in [0.25, 0.3) is 0 Å². The van der Waals surface area contributed by atoms with Crippen LogP contribution < -0.4 is 10.2 Å². The van der Waals surface area contributed by atoms with Crippen molar-refractivity contribution in [2.24, 2.45) is 10.9 Å². The van der Waals surface area contributed by atoms with Crippen LogP contribution in [-0.2, 0) is 14.3 Å². The fourth-order valence-electron chi connectivity index (χ4n) is 3.85. The quantitative estimate of drug-likeness (QED) is 0.810. The lowest BCUT2D eigenvalue weighted by Gasteiger charge is -2.24. The van der Waals surface area contributed by atoms with Crippen molar-refractivity contribution in [2.45, 2.75) is 19.3 Å². The van der Waals surface area contributed by atoms with Gasteiger partial charge in [0.2, 0.25) is 11.8 Å². The summed E-state index contributed by atoms with van der Waals surface area (Å²) in [5, 5.41) is 2.73. The molecule has 1 fully saturated rings. The van der Waals surface area contributed by atoms with Crippen molar-refractivity contribution < 1.29 is 19.1 Å². The molecular weight excluding hydrogens is 370 g/mol. The molecule has 1 aliphatic heterocycles. The van der Waals surface area contributed by atoms with Crippen molar-refractivity contribution in [2.75, 3.05) is 23.9 Å². The molecule has 7 nitrogen and oxygen atoms in total. The number of esters is 1. The van der Waals surface area contributed by atoms with Crippen molar-refractivity contribution >= 4 is 40.6 Å². The van der Waals surface area contributed by atoms with Crippen molar-refractivity contribution in [3.05, 3.63) is 54.1 Å². The first kappa shape index (κ1) is 18.9. The molecule has 0 saturated heterocycles. The van der Waals surface area contributed by atoms with Gasteiger partial charge in [0, 0.05) is 5.71 Å². The van der Waals surface area contributed by atoms with Crippen LogP contribution in [0.15, 0.2) is 53.5 Å². The van der Waals surface area contributed by atoms with Crippen molar-refractivity contribution in [3.8, 4) is 0 Å². The number of aliphatic imine (C=N–C) groups is 1. The van der Waals surface area contributed by atoms with Crippen molar-refractivity contribution in [3.63, 3.8) is 0 Å². The summed E-state index contributed by atoms with van der Waals surface area (Å²) in [5.41, 5.74) is 2.81. The number of ether oxygens (including phenoxy) is 1. The van der Waals surface area contributed by atoms with Gasteiger partial charge in [-0.3, -0.25) is 14.6 Å². The van der Waals surface area contributed by atoms with Crippen LogP contribution in [0.25, 0.3) is 0 Å².